The molecular formula is C15H22N2OS. The molecule has 0 aromatic heterocycles. The van der Waals surface area contributed by atoms with E-state index in [0.717, 1.165) is 12.2 Å². The highest BCUT2D eigenvalue weighted by atomic mass is 32.2. The smallest absolute Gasteiger partial charge is 0.234 e. The summed E-state index contributed by atoms with van der Waals surface area (Å²) in [7, 11) is 0. The topological polar surface area (TPSA) is 32.3 Å². The van der Waals surface area contributed by atoms with Gasteiger partial charge in [-0.05, 0) is 49.9 Å². The van der Waals surface area contributed by atoms with Crippen molar-refractivity contribution in [2.75, 3.05) is 30.4 Å². The van der Waals surface area contributed by atoms with E-state index in [1.807, 2.05) is 18.4 Å². The van der Waals surface area contributed by atoms with Gasteiger partial charge in [-0.15, -0.1) is 0 Å². The third-order valence-electron chi connectivity index (χ3n) is 3.34. The van der Waals surface area contributed by atoms with Gasteiger partial charge >= 0.3 is 0 Å². The molecule has 1 amide bonds. The Bertz CT molecular complexity index is 416. The van der Waals surface area contributed by atoms with Crippen LogP contribution in [-0.2, 0) is 11.3 Å². The summed E-state index contributed by atoms with van der Waals surface area (Å²) >= 11 is 1.54. The molecule has 1 N–H and O–H groups in total. The number of thioether (sulfide) groups is 1. The van der Waals surface area contributed by atoms with Crippen molar-refractivity contribution in [1.82, 2.24) is 4.90 Å². The predicted molar refractivity (Wildman–Crippen MR) is 82.6 cm³/mol. The quantitative estimate of drug-likeness (QED) is 0.898. The van der Waals surface area contributed by atoms with Crippen LogP contribution in [-0.4, -0.2) is 35.9 Å². The maximum absolute atomic E-state index is 11.6. The number of anilines is 1. The van der Waals surface area contributed by atoms with Crippen LogP contribution < -0.4 is 5.32 Å². The molecule has 0 radical (unpaired) electrons. The van der Waals surface area contributed by atoms with Crippen LogP contribution in [0.5, 0.6) is 0 Å². The number of hydrogen-bond acceptors (Lipinski definition) is 3. The molecule has 4 heteroatoms. The van der Waals surface area contributed by atoms with Crippen LogP contribution in [0.2, 0.25) is 0 Å². The van der Waals surface area contributed by atoms with Crippen LogP contribution in [0.1, 0.15) is 24.8 Å². The van der Waals surface area contributed by atoms with Crippen LogP contribution in [0.15, 0.2) is 24.3 Å². The van der Waals surface area contributed by atoms with Crippen molar-refractivity contribution in [1.29, 1.82) is 0 Å². The van der Waals surface area contributed by atoms with Crippen LogP contribution in [0.25, 0.3) is 0 Å². The van der Waals surface area contributed by atoms with E-state index in [1.54, 1.807) is 11.8 Å². The number of rotatable bonds is 5. The van der Waals surface area contributed by atoms with E-state index in [0.29, 0.717) is 5.75 Å². The van der Waals surface area contributed by atoms with Crippen LogP contribution >= 0.6 is 11.8 Å². The number of carbonyl (C=O) groups excluding carboxylic acids is 1. The highest BCUT2D eigenvalue weighted by Gasteiger charge is 2.10. The first kappa shape index (κ1) is 14.4. The van der Waals surface area contributed by atoms with Gasteiger partial charge in [0.15, 0.2) is 0 Å². The Morgan fingerprint density at radius 1 is 1.32 bits per heavy atom. The molecule has 0 bridgehead atoms. The van der Waals surface area contributed by atoms with E-state index in [9.17, 15) is 4.79 Å². The van der Waals surface area contributed by atoms with Gasteiger partial charge in [0.2, 0.25) is 5.91 Å². The summed E-state index contributed by atoms with van der Waals surface area (Å²) in [6.07, 6.45) is 5.92. The molecule has 1 aliphatic heterocycles. The minimum atomic E-state index is 0.0719. The Balaban J connectivity index is 1.92. The van der Waals surface area contributed by atoms with Crippen LogP contribution in [0.4, 0.5) is 5.69 Å². The molecule has 1 heterocycles. The summed E-state index contributed by atoms with van der Waals surface area (Å²) in [5.74, 6) is 0.582. The highest BCUT2D eigenvalue weighted by Crippen LogP contribution is 2.16. The molecule has 0 saturated carbocycles. The van der Waals surface area contributed by atoms with Crippen molar-refractivity contribution in [3.63, 3.8) is 0 Å². The number of benzene rings is 1. The van der Waals surface area contributed by atoms with Gasteiger partial charge in [-0.1, -0.05) is 18.6 Å². The Morgan fingerprint density at radius 2 is 2.11 bits per heavy atom. The lowest BCUT2D eigenvalue weighted by Crippen LogP contribution is -2.29. The molecule has 1 aliphatic rings. The lowest BCUT2D eigenvalue weighted by Gasteiger charge is -2.26. The zero-order valence-electron chi connectivity index (χ0n) is 11.5. The van der Waals surface area contributed by atoms with E-state index < -0.39 is 0 Å². The molecule has 0 spiro atoms. The van der Waals surface area contributed by atoms with Gasteiger partial charge < -0.3 is 5.32 Å². The van der Waals surface area contributed by atoms with Crippen molar-refractivity contribution in [2.45, 2.75) is 25.8 Å². The molecule has 0 unspecified atom stereocenters. The maximum Gasteiger partial charge on any atom is 0.234 e. The number of carbonyl (C=O) groups is 1. The first-order valence-electron chi connectivity index (χ1n) is 6.88. The van der Waals surface area contributed by atoms with Gasteiger partial charge in [0.1, 0.15) is 0 Å². The Kier molecular flexibility index (Phi) is 5.73. The Labute approximate surface area is 119 Å². The summed E-state index contributed by atoms with van der Waals surface area (Å²) in [5.41, 5.74) is 2.19. The van der Waals surface area contributed by atoms with Gasteiger partial charge in [0.05, 0.1) is 5.75 Å². The van der Waals surface area contributed by atoms with Crippen molar-refractivity contribution in [3.05, 3.63) is 29.8 Å². The predicted octanol–water partition coefficient (Wildman–Crippen LogP) is 2.97. The summed E-state index contributed by atoms with van der Waals surface area (Å²) < 4.78 is 0. The van der Waals surface area contributed by atoms with Crippen molar-refractivity contribution < 1.29 is 4.79 Å². The second-order valence-electron chi connectivity index (χ2n) is 5.02. The second kappa shape index (κ2) is 7.56. The largest absolute Gasteiger partial charge is 0.325 e. The number of piperidine rings is 1. The molecule has 19 heavy (non-hydrogen) atoms. The lowest BCUT2D eigenvalue weighted by atomic mass is 10.1. The Hall–Kier alpha value is -1.00. The van der Waals surface area contributed by atoms with Gasteiger partial charge in [0, 0.05) is 12.2 Å². The molecule has 1 aromatic carbocycles. The van der Waals surface area contributed by atoms with Gasteiger partial charge in [-0.25, -0.2) is 0 Å². The molecule has 0 aliphatic carbocycles. The normalized spacial score (nSPS) is 16.3. The van der Waals surface area contributed by atoms with Crippen molar-refractivity contribution >= 4 is 23.4 Å². The van der Waals surface area contributed by atoms with E-state index >= 15 is 0 Å². The summed E-state index contributed by atoms with van der Waals surface area (Å²) in [5, 5.41) is 2.94. The number of nitrogens with zero attached hydrogens (tertiary/aromatic N) is 1. The van der Waals surface area contributed by atoms with E-state index in [1.165, 1.54) is 37.9 Å². The van der Waals surface area contributed by atoms with E-state index in [-0.39, 0.29) is 5.91 Å². The monoisotopic (exact) mass is 278 g/mol. The minimum absolute atomic E-state index is 0.0719. The zero-order chi connectivity index (χ0) is 13.5. The fourth-order valence-electron chi connectivity index (χ4n) is 2.45. The average molecular weight is 278 g/mol. The van der Waals surface area contributed by atoms with Crippen molar-refractivity contribution in [3.8, 4) is 0 Å². The molecular weight excluding hydrogens is 256 g/mol. The first-order chi connectivity index (χ1) is 9.28. The SMILES string of the molecule is CSCC(=O)Nc1cccc(CN2CCCCC2)c1. The van der Waals surface area contributed by atoms with Gasteiger partial charge in [-0.2, -0.15) is 11.8 Å². The standard InChI is InChI=1S/C15H22N2OS/c1-19-12-15(18)16-14-7-5-6-13(10-14)11-17-8-3-2-4-9-17/h5-7,10H,2-4,8-9,11-12H2,1H3,(H,16,18). The molecule has 2 rings (SSSR count). The Morgan fingerprint density at radius 3 is 2.84 bits per heavy atom. The third-order valence-corrected chi connectivity index (χ3v) is 3.89. The van der Waals surface area contributed by atoms with Gasteiger partial charge in [0.25, 0.3) is 0 Å². The minimum Gasteiger partial charge on any atom is -0.325 e. The molecule has 1 fully saturated rings. The first-order valence-corrected chi connectivity index (χ1v) is 8.27. The molecule has 1 aromatic rings. The average Bonchev–Trinajstić information content (AvgIpc) is 2.40. The molecule has 1 saturated heterocycles. The molecule has 104 valence electrons. The summed E-state index contributed by atoms with van der Waals surface area (Å²) in [6.45, 7) is 3.39. The number of amides is 1. The zero-order valence-corrected chi connectivity index (χ0v) is 12.3. The third kappa shape index (κ3) is 4.88. The van der Waals surface area contributed by atoms with Crippen LogP contribution in [0, 0.1) is 0 Å². The van der Waals surface area contributed by atoms with Gasteiger partial charge in [-0.3, -0.25) is 9.69 Å². The lowest BCUT2D eigenvalue weighted by molar-refractivity contribution is -0.113. The highest BCUT2D eigenvalue weighted by molar-refractivity contribution is 7.99. The number of likely N-dealkylation sites (tertiary alicyclic amines) is 1. The number of nitrogens with one attached hydrogen (secondary N) is 1. The van der Waals surface area contributed by atoms with E-state index in [2.05, 4.69) is 22.3 Å². The summed E-state index contributed by atoms with van der Waals surface area (Å²) in [6, 6.07) is 8.21. The van der Waals surface area contributed by atoms with Crippen molar-refractivity contribution in [2.24, 2.45) is 0 Å². The van der Waals surface area contributed by atoms with E-state index in [4.69, 9.17) is 0 Å². The summed E-state index contributed by atoms with van der Waals surface area (Å²) in [4.78, 5) is 14.1. The number of hydrogen-bond donors (Lipinski definition) is 1. The van der Waals surface area contributed by atoms with Crippen LogP contribution in [0.3, 0.4) is 0 Å². The maximum atomic E-state index is 11.6. The fourth-order valence-corrected chi connectivity index (χ4v) is 2.79. The molecule has 0 atom stereocenters. The fraction of sp³-hybridized carbons (Fsp3) is 0.533. The second-order valence-corrected chi connectivity index (χ2v) is 5.88. The molecule has 3 nitrogen and oxygen atoms in total.